The Hall–Kier alpha value is -1.62. The van der Waals surface area contributed by atoms with Crippen molar-refractivity contribution in [1.82, 2.24) is 9.88 Å². The van der Waals surface area contributed by atoms with Gasteiger partial charge in [-0.2, -0.15) is 0 Å². The van der Waals surface area contributed by atoms with E-state index in [2.05, 4.69) is 34.6 Å². The van der Waals surface area contributed by atoms with Crippen molar-refractivity contribution in [3.63, 3.8) is 0 Å². The minimum Gasteiger partial charge on any atom is -0.384 e. The van der Waals surface area contributed by atoms with Crippen molar-refractivity contribution in [2.75, 3.05) is 37.8 Å². The quantitative estimate of drug-likeness (QED) is 0.785. The first-order valence-corrected chi connectivity index (χ1v) is 6.95. The Balaban J connectivity index is 2.42. The summed E-state index contributed by atoms with van der Waals surface area (Å²) in [5, 5.41) is 6.12. The van der Waals surface area contributed by atoms with Gasteiger partial charge in [0.05, 0.1) is 11.9 Å². The number of aromatic nitrogens is 1. The van der Waals surface area contributed by atoms with E-state index in [-0.39, 0.29) is 5.91 Å². The van der Waals surface area contributed by atoms with Gasteiger partial charge < -0.3 is 15.5 Å². The number of rotatable bonds is 6. The molecule has 0 bridgehead atoms. The van der Waals surface area contributed by atoms with E-state index in [9.17, 15) is 4.79 Å². The Morgan fingerprint density at radius 3 is 2.50 bits per heavy atom. The van der Waals surface area contributed by atoms with Gasteiger partial charge in [0, 0.05) is 12.0 Å². The van der Waals surface area contributed by atoms with Gasteiger partial charge >= 0.3 is 0 Å². The minimum atomic E-state index is -0.412. The summed E-state index contributed by atoms with van der Waals surface area (Å²) in [7, 11) is 4.13. The standard InChI is InChI=1S/C15H26N4O/c1-15(2,3)14(20)18-13-8-7-12(11-17-13)16-9-6-10-19(4)5/h7-8,11,16H,6,9-10H2,1-5H3,(H,17,18,20). The highest BCUT2D eigenvalue weighted by Crippen LogP contribution is 2.17. The molecule has 0 aromatic carbocycles. The van der Waals surface area contributed by atoms with Crippen LogP contribution in [0.5, 0.6) is 0 Å². The van der Waals surface area contributed by atoms with Crippen LogP contribution in [0.3, 0.4) is 0 Å². The number of nitrogens with one attached hydrogen (secondary N) is 2. The monoisotopic (exact) mass is 278 g/mol. The second-order valence-corrected chi connectivity index (χ2v) is 6.22. The summed E-state index contributed by atoms with van der Waals surface area (Å²) >= 11 is 0. The molecule has 0 saturated carbocycles. The molecule has 112 valence electrons. The topological polar surface area (TPSA) is 57.3 Å². The normalized spacial score (nSPS) is 11.5. The van der Waals surface area contributed by atoms with E-state index >= 15 is 0 Å². The molecule has 0 fully saturated rings. The molecule has 20 heavy (non-hydrogen) atoms. The van der Waals surface area contributed by atoms with Crippen LogP contribution < -0.4 is 10.6 Å². The third kappa shape index (κ3) is 6.02. The molecular weight excluding hydrogens is 252 g/mol. The Morgan fingerprint density at radius 1 is 1.30 bits per heavy atom. The maximum atomic E-state index is 11.8. The molecule has 2 N–H and O–H groups in total. The van der Waals surface area contributed by atoms with Gasteiger partial charge in [-0.1, -0.05) is 20.8 Å². The average Bonchev–Trinajstić information content (AvgIpc) is 2.35. The summed E-state index contributed by atoms with van der Waals surface area (Å²) in [6.45, 7) is 7.60. The van der Waals surface area contributed by atoms with Gasteiger partial charge in [0.15, 0.2) is 0 Å². The highest BCUT2D eigenvalue weighted by molar-refractivity contribution is 5.93. The fourth-order valence-corrected chi connectivity index (χ4v) is 1.50. The van der Waals surface area contributed by atoms with Crippen LogP contribution in [0.2, 0.25) is 0 Å². The Kier molecular flexibility index (Phi) is 5.95. The molecule has 0 aliphatic heterocycles. The van der Waals surface area contributed by atoms with E-state index in [1.807, 2.05) is 32.9 Å². The summed E-state index contributed by atoms with van der Waals surface area (Å²) in [6.07, 6.45) is 2.82. The summed E-state index contributed by atoms with van der Waals surface area (Å²) in [5.74, 6) is 0.556. The van der Waals surface area contributed by atoms with Crippen molar-refractivity contribution in [2.24, 2.45) is 5.41 Å². The van der Waals surface area contributed by atoms with Crippen molar-refractivity contribution in [3.8, 4) is 0 Å². The highest BCUT2D eigenvalue weighted by Gasteiger charge is 2.21. The molecule has 5 nitrogen and oxygen atoms in total. The number of amides is 1. The van der Waals surface area contributed by atoms with E-state index in [0.717, 1.165) is 25.2 Å². The average molecular weight is 278 g/mol. The Labute approximate surface area is 121 Å². The summed E-state index contributed by atoms with van der Waals surface area (Å²) < 4.78 is 0. The van der Waals surface area contributed by atoms with Crippen LogP contribution in [0.25, 0.3) is 0 Å². The first-order chi connectivity index (χ1) is 9.29. The predicted molar refractivity (Wildman–Crippen MR) is 84.0 cm³/mol. The van der Waals surface area contributed by atoms with Crippen LogP contribution in [-0.2, 0) is 4.79 Å². The second-order valence-electron chi connectivity index (χ2n) is 6.22. The van der Waals surface area contributed by atoms with Crippen molar-refractivity contribution in [3.05, 3.63) is 18.3 Å². The molecular formula is C15H26N4O. The number of nitrogens with zero attached hydrogens (tertiary/aromatic N) is 2. The van der Waals surface area contributed by atoms with Crippen molar-refractivity contribution in [2.45, 2.75) is 27.2 Å². The van der Waals surface area contributed by atoms with Crippen molar-refractivity contribution in [1.29, 1.82) is 0 Å². The van der Waals surface area contributed by atoms with Crippen LogP contribution in [0.4, 0.5) is 11.5 Å². The molecule has 0 aliphatic carbocycles. The molecule has 0 unspecified atom stereocenters. The van der Waals surface area contributed by atoms with Gasteiger partial charge in [0.2, 0.25) is 5.91 Å². The first-order valence-electron chi connectivity index (χ1n) is 6.95. The molecule has 1 heterocycles. The molecule has 1 rings (SSSR count). The van der Waals surface area contributed by atoms with Gasteiger partial charge in [0.1, 0.15) is 5.82 Å². The van der Waals surface area contributed by atoms with Crippen LogP contribution in [0, 0.1) is 5.41 Å². The number of carbonyl (C=O) groups excluding carboxylic acids is 1. The van der Waals surface area contributed by atoms with Crippen LogP contribution in [0.1, 0.15) is 27.2 Å². The largest absolute Gasteiger partial charge is 0.384 e. The van der Waals surface area contributed by atoms with Crippen molar-refractivity contribution < 1.29 is 4.79 Å². The molecule has 1 aromatic rings. The number of pyridine rings is 1. The second kappa shape index (κ2) is 7.24. The van der Waals surface area contributed by atoms with Gasteiger partial charge in [-0.05, 0) is 39.2 Å². The molecule has 0 radical (unpaired) electrons. The molecule has 0 aliphatic rings. The zero-order chi connectivity index (χ0) is 15.2. The molecule has 0 spiro atoms. The van der Waals surface area contributed by atoms with Gasteiger partial charge in [-0.15, -0.1) is 0 Å². The lowest BCUT2D eigenvalue weighted by Gasteiger charge is -2.17. The van der Waals surface area contributed by atoms with Gasteiger partial charge in [-0.25, -0.2) is 4.98 Å². The summed E-state index contributed by atoms with van der Waals surface area (Å²) in [5.41, 5.74) is 0.558. The molecule has 1 aromatic heterocycles. The molecule has 0 atom stereocenters. The lowest BCUT2D eigenvalue weighted by molar-refractivity contribution is -0.123. The van der Waals surface area contributed by atoms with E-state index < -0.39 is 5.41 Å². The third-order valence-electron chi connectivity index (χ3n) is 2.80. The fraction of sp³-hybridized carbons (Fsp3) is 0.600. The number of hydrogen-bond donors (Lipinski definition) is 2. The zero-order valence-corrected chi connectivity index (χ0v) is 13.2. The van der Waals surface area contributed by atoms with Gasteiger partial charge in [-0.3, -0.25) is 4.79 Å². The predicted octanol–water partition coefficient (Wildman–Crippen LogP) is 2.43. The Morgan fingerprint density at radius 2 is 2.00 bits per heavy atom. The van der Waals surface area contributed by atoms with Crippen molar-refractivity contribution >= 4 is 17.4 Å². The van der Waals surface area contributed by atoms with Crippen LogP contribution in [0.15, 0.2) is 18.3 Å². The molecule has 0 saturated heterocycles. The van der Waals surface area contributed by atoms with Crippen LogP contribution >= 0.6 is 0 Å². The zero-order valence-electron chi connectivity index (χ0n) is 13.2. The smallest absolute Gasteiger partial charge is 0.230 e. The maximum absolute atomic E-state index is 11.8. The maximum Gasteiger partial charge on any atom is 0.230 e. The van der Waals surface area contributed by atoms with Crippen LogP contribution in [-0.4, -0.2) is 43.0 Å². The number of hydrogen-bond acceptors (Lipinski definition) is 4. The summed E-state index contributed by atoms with van der Waals surface area (Å²) in [6, 6.07) is 3.75. The lowest BCUT2D eigenvalue weighted by Crippen LogP contribution is -2.27. The lowest BCUT2D eigenvalue weighted by atomic mass is 9.96. The van der Waals surface area contributed by atoms with E-state index in [4.69, 9.17) is 0 Å². The highest BCUT2D eigenvalue weighted by atomic mass is 16.2. The first kappa shape index (κ1) is 16.4. The fourth-order valence-electron chi connectivity index (χ4n) is 1.50. The van der Waals surface area contributed by atoms with E-state index in [0.29, 0.717) is 5.82 Å². The molecule has 1 amide bonds. The summed E-state index contributed by atoms with van der Waals surface area (Å²) in [4.78, 5) is 18.2. The third-order valence-corrected chi connectivity index (χ3v) is 2.80. The van der Waals surface area contributed by atoms with E-state index in [1.165, 1.54) is 0 Å². The van der Waals surface area contributed by atoms with Gasteiger partial charge in [0.25, 0.3) is 0 Å². The number of carbonyl (C=O) groups is 1. The van der Waals surface area contributed by atoms with E-state index in [1.54, 1.807) is 6.20 Å². The Bertz CT molecular complexity index is 420. The minimum absolute atomic E-state index is 0.0308. The number of anilines is 2. The SMILES string of the molecule is CN(C)CCCNc1ccc(NC(=O)C(C)(C)C)nc1. The molecule has 5 heteroatoms.